The van der Waals surface area contributed by atoms with E-state index < -0.39 is 11.7 Å². The van der Waals surface area contributed by atoms with Crippen molar-refractivity contribution in [2.45, 2.75) is 20.0 Å². The van der Waals surface area contributed by atoms with Crippen LogP contribution in [0.1, 0.15) is 32.6 Å². The Kier molecular flexibility index (Phi) is 5.30. The van der Waals surface area contributed by atoms with Gasteiger partial charge in [-0.25, -0.2) is 0 Å². The number of amides is 1. The molecule has 0 aromatic heterocycles. The molecule has 0 atom stereocenters. The van der Waals surface area contributed by atoms with Crippen LogP contribution in [0.15, 0.2) is 42.5 Å². The van der Waals surface area contributed by atoms with Crippen molar-refractivity contribution in [2.75, 3.05) is 6.54 Å². The third-order valence-corrected chi connectivity index (χ3v) is 3.39. The summed E-state index contributed by atoms with van der Waals surface area (Å²) < 4.78 is 37.8. The molecule has 0 aliphatic rings. The quantitative estimate of drug-likeness (QED) is 0.825. The highest BCUT2D eigenvalue weighted by atomic mass is 19.4. The standard InChI is InChI=1S/C19H16F3NO/c1-13-8-9-17(14(2)11-13)18(24)23-10-4-6-15-5-3-7-16(12-15)19(20,21)22/h3,5,7-9,11-12H,10H2,1-2H3,(H,23,24). The van der Waals surface area contributed by atoms with Crippen LogP contribution in [0.25, 0.3) is 0 Å². The largest absolute Gasteiger partial charge is 0.416 e. The van der Waals surface area contributed by atoms with E-state index in [1.807, 2.05) is 26.0 Å². The van der Waals surface area contributed by atoms with E-state index in [1.165, 1.54) is 12.1 Å². The van der Waals surface area contributed by atoms with E-state index in [-0.39, 0.29) is 18.0 Å². The van der Waals surface area contributed by atoms with Gasteiger partial charge in [0.1, 0.15) is 0 Å². The van der Waals surface area contributed by atoms with E-state index in [9.17, 15) is 18.0 Å². The third kappa shape index (κ3) is 4.63. The third-order valence-electron chi connectivity index (χ3n) is 3.39. The Morgan fingerprint density at radius 2 is 1.88 bits per heavy atom. The molecule has 0 fully saturated rings. The lowest BCUT2D eigenvalue weighted by molar-refractivity contribution is -0.137. The highest BCUT2D eigenvalue weighted by Crippen LogP contribution is 2.29. The molecule has 0 aliphatic heterocycles. The molecule has 24 heavy (non-hydrogen) atoms. The molecule has 2 aromatic rings. The predicted molar refractivity (Wildman–Crippen MR) is 86.6 cm³/mol. The molecule has 5 heteroatoms. The first-order valence-corrected chi connectivity index (χ1v) is 7.29. The van der Waals surface area contributed by atoms with Crippen molar-refractivity contribution >= 4 is 5.91 Å². The molecule has 124 valence electrons. The lowest BCUT2D eigenvalue weighted by Crippen LogP contribution is -2.24. The van der Waals surface area contributed by atoms with Gasteiger partial charge in [-0.2, -0.15) is 13.2 Å². The number of halogens is 3. The Labute approximate surface area is 138 Å². The summed E-state index contributed by atoms with van der Waals surface area (Å²) in [7, 11) is 0. The van der Waals surface area contributed by atoms with Gasteiger partial charge in [0.15, 0.2) is 0 Å². The van der Waals surface area contributed by atoms with Crippen LogP contribution in [0, 0.1) is 25.7 Å². The molecule has 0 heterocycles. The van der Waals surface area contributed by atoms with Crippen molar-refractivity contribution < 1.29 is 18.0 Å². The minimum atomic E-state index is -4.39. The normalized spacial score (nSPS) is 10.7. The van der Waals surface area contributed by atoms with E-state index >= 15 is 0 Å². The van der Waals surface area contributed by atoms with Crippen LogP contribution in [-0.4, -0.2) is 12.5 Å². The zero-order chi connectivity index (χ0) is 17.7. The summed E-state index contributed by atoms with van der Waals surface area (Å²) in [4.78, 5) is 12.0. The van der Waals surface area contributed by atoms with Crippen LogP contribution in [0.4, 0.5) is 13.2 Å². The number of hydrogen-bond acceptors (Lipinski definition) is 1. The maximum atomic E-state index is 12.6. The molecule has 0 spiro atoms. The molecule has 1 amide bonds. The second-order valence-electron chi connectivity index (χ2n) is 5.38. The van der Waals surface area contributed by atoms with Crippen molar-refractivity contribution in [3.8, 4) is 11.8 Å². The van der Waals surface area contributed by atoms with E-state index in [0.29, 0.717) is 5.56 Å². The molecule has 2 nitrogen and oxygen atoms in total. The highest BCUT2D eigenvalue weighted by molar-refractivity contribution is 5.95. The van der Waals surface area contributed by atoms with Gasteiger partial charge in [0.05, 0.1) is 12.1 Å². The van der Waals surface area contributed by atoms with Gasteiger partial charge in [-0.05, 0) is 43.7 Å². The number of rotatable bonds is 2. The molecule has 1 N–H and O–H groups in total. The Balaban J connectivity index is 2.00. The fourth-order valence-corrected chi connectivity index (χ4v) is 2.21. The SMILES string of the molecule is Cc1ccc(C(=O)NCC#Cc2cccc(C(F)(F)F)c2)c(C)c1. The molecular weight excluding hydrogens is 315 g/mol. The van der Waals surface area contributed by atoms with Gasteiger partial charge < -0.3 is 5.32 Å². The molecule has 0 saturated heterocycles. The molecule has 0 aliphatic carbocycles. The van der Waals surface area contributed by atoms with Gasteiger partial charge in [-0.1, -0.05) is 35.6 Å². The van der Waals surface area contributed by atoms with Crippen molar-refractivity contribution in [2.24, 2.45) is 0 Å². The fourth-order valence-electron chi connectivity index (χ4n) is 2.21. The van der Waals surface area contributed by atoms with Crippen LogP contribution in [-0.2, 0) is 6.18 Å². The molecule has 0 bridgehead atoms. The Morgan fingerprint density at radius 3 is 2.54 bits per heavy atom. The maximum Gasteiger partial charge on any atom is 0.416 e. The highest BCUT2D eigenvalue weighted by Gasteiger charge is 2.30. The van der Waals surface area contributed by atoms with E-state index in [4.69, 9.17) is 0 Å². The number of benzene rings is 2. The monoisotopic (exact) mass is 331 g/mol. The van der Waals surface area contributed by atoms with E-state index in [0.717, 1.165) is 23.3 Å². The maximum absolute atomic E-state index is 12.6. The summed E-state index contributed by atoms with van der Waals surface area (Å²) in [6, 6.07) is 10.3. The first-order valence-electron chi connectivity index (χ1n) is 7.29. The molecular formula is C19H16F3NO. The average Bonchev–Trinajstić information content (AvgIpc) is 2.51. The number of alkyl halides is 3. The first kappa shape index (κ1) is 17.6. The molecule has 0 unspecified atom stereocenters. The second kappa shape index (κ2) is 7.22. The summed E-state index contributed by atoms with van der Waals surface area (Å²) in [5, 5.41) is 2.64. The summed E-state index contributed by atoms with van der Waals surface area (Å²) in [6.07, 6.45) is -4.39. The Bertz CT molecular complexity index is 813. The van der Waals surface area contributed by atoms with Crippen molar-refractivity contribution in [3.05, 3.63) is 70.3 Å². The minimum absolute atomic E-state index is 0.0579. The number of aryl methyl sites for hydroxylation is 2. The number of carbonyl (C=O) groups is 1. The molecule has 0 radical (unpaired) electrons. The molecule has 0 saturated carbocycles. The van der Waals surface area contributed by atoms with Gasteiger partial charge in [-0.3, -0.25) is 4.79 Å². The topological polar surface area (TPSA) is 29.1 Å². The van der Waals surface area contributed by atoms with Crippen LogP contribution in [0.5, 0.6) is 0 Å². The summed E-state index contributed by atoms with van der Waals surface area (Å²) in [5.41, 5.74) is 1.99. The smallest absolute Gasteiger partial charge is 0.341 e. The van der Waals surface area contributed by atoms with Crippen molar-refractivity contribution in [1.82, 2.24) is 5.32 Å². The molecule has 2 rings (SSSR count). The predicted octanol–water partition coefficient (Wildman–Crippen LogP) is 4.10. The van der Waals surface area contributed by atoms with Crippen LogP contribution in [0.2, 0.25) is 0 Å². The van der Waals surface area contributed by atoms with E-state index in [2.05, 4.69) is 17.2 Å². The lowest BCUT2D eigenvalue weighted by atomic mass is 10.1. The van der Waals surface area contributed by atoms with Gasteiger partial charge in [-0.15, -0.1) is 0 Å². The number of hydrogen-bond donors (Lipinski definition) is 1. The van der Waals surface area contributed by atoms with Crippen molar-refractivity contribution in [3.63, 3.8) is 0 Å². The summed E-state index contributed by atoms with van der Waals surface area (Å²) in [5.74, 6) is 5.03. The first-order chi connectivity index (χ1) is 11.3. The summed E-state index contributed by atoms with van der Waals surface area (Å²) in [6.45, 7) is 3.84. The van der Waals surface area contributed by atoms with E-state index in [1.54, 1.807) is 6.07 Å². The van der Waals surface area contributed by atoms with Crippen LogP contribution in [0.3, 0.4) is 0 Å². The fraction of sp³-hybridized carbons (Fsp3) is 0.211. The van der Waals surface area contributed by atoms with Gasteiger partial charge in [0.2, 0.25) is 0 Å². The second-order valence-corrected chi connectivity index (χ2v) is 5.38. The number of nitrogens with one attached hydrogen (secondary N) is 1. The van der Waals surface area contributed by atoms with Crippen LogP contribution < -0.4 is 5.32 Å². The van der Waals surface area contributed by atoms with Gasteiger partial charge in [0, 0.05) is 11.1 Å². The lowest BCUT2D eigenvalue weighted by Gasteiger charge is -2.06. The van der Waals surface area contributed by atoms with Gasteiger partial charge >= 0.3 is 6.18 Å². The zero-order valence-corrected chi connectivity index (χ0v) is 13.3. The Morgan fingerprint density at radius 1 is 1.12 bits per heavy atom. The zero-order valence-electron chi connectivity index (χ0n) is 13.3. The minimum Gasteiger partial charge on any atom is -0.341 e. The number of carbonyl (C=O) groups excluding carboxylic acids is 1. The van der Waals surface area contributed by atoms with Crippen LogP contribution >= 0.6 is 0 Å². The summed E-state index contributed by atoms with van der Waals surface area (Å²) >= 11 is 0. The molecule has 2 aromatic carbocycles. The van der Waals surface area contributed by atoms with Gasteiger partial charge in [0.25, 0.3) is 5.91 Å². The Hall–Kier alpha value is -2.74. The van der Waals surface area contributed by atoms with Crippen molar-refractivity contribution in [1.29, 1.82) is 0 Å². The average molecular weight is 331 g/mol.